The summed E-state index contributed by atoms with van der Waals surface area (Å²) in [6.45, 7) is 8.21. The average molecular weight is 306 g/mol. The highest BCUT2D eigenvalue weighted by atomic mass is 35.5. The zero-order chi connectivity index (χ0) is 15.8. The molecule has 0 bridgehead atoms. The van der Waals surface area contributed by atoms with E-state index in [2.05, 4.69) is 11.9 Å². The molecule has 0 saturated carbocycles. The van der Waals surface area contributed by atoms with E-state index in [-0.39, 0.29) is 6.42 Å². The molecule has 0 saturated heterocycles. The van der Waals surface area contributed by atoms with Gasteiger partial charge in [-0.05, 0) is 42.7 Å². The van der Waals surface area contributed by atoms with Crippen molar-refractivity contribution in [3.8, 4) is 0 Å². The van der Waals surface area contributed by atoms with E-state index in [9.17, 15) is 4.79 Å². The molecule has 0 aliphatic rings. The van der Waals surface area contributed by atoms with Crippen LogP contribution >= 0.6 is 11.6 Å². The monoisotopic (exact) mass is 305 g/mol. The summed E-state index contributed by atoms with van der Waals surface area (Å²) in [5.41, 5.74) is 4.06. The minimum atomic E-state index is -0.869. The lowest BCUT2D eigenvalue weighted by Gasteiger charge is -2.13. The highest BCUT2D eigenvalue weighted by Crippen LogP contribution is 2.22. The van der Waals surface area contributed by atoms with Gasteiger partial charge >= 0.3 is 5.97 Å². The van der Waals surface area contributed by atoms with E-state index in [1.165, 1.54) is 5.56 Å². The standard InChI is InChI=1S/C17H20ClNO2/c1-4-5-6-14(8-10-17(20)21)19-11-15-13(3)12(2)7-9-16(15)18/h4-9,19H,1,10-11H2,2-3H3,(H,20,21)/b6-5-,14-8-. The van der Waals surface area contributed by atoms with E-state index in [0.29, 0.717) is 11.6 Å². The number of halogens is 1. The molecule has 1 aromatic rings. The minimum Gasteiger partial charge on any atom is -0.481 e. The highest BCUT2D eigenvalue weighted by Gasteiger charge is 2.06. The minimum absolute atomic E-state index is 0.0374. The maximum Gasteiger partial charge on any atom is 0.307 e. The SMILES string of the molecule is C=C/C=C\C(=C\CC(=O)O)NCc1c(Cl)ccc(C)c1C. The lowest BCUT2D eigenvalue weighted by Crippen LogP contribution is -2.13. The second-order valence-corrected chi connectivity index (χ2v) is 5.08. The zero-order valence-electron chi connectivity index (χ0n) is 12.3. The van der Waals surface area contributed by atoms with Gasteiger partial charge in [0, 0.05) is 17.3 Å². The molecule has 0 unspecified atom stereocenters. The van der Waals surface area contributed by atoms with E-state index < -0.39 is 5.97 Å². The normalized spacial score (nSPS) is 11.7. The predicted octanol–water partition coefficient (Wildman–Crippen LogP) is 4.15. The lowest BCUT2D eigenvalue weighted by atomic mass is 10.0. The molecule has 0 aliphatic carbocycles. The number of rotatable bonds is 7. The number of benzene rings is 1. The van der Waals surface area contributed by atoms with Crippen LogP contribution in [0, 0.1) is 13.8 Å². The number of aryl methyl sites for hydroxylation is 1. The maximum absolute atomic E-state index is 10.7. The summed E-state index contributed by atoms with van der Waals surface area (Å²) >= 11 is 6.23. The number of aliphatic carboxylic acids is 1. The summed E-state index contributed by atoms with van der Waals surface area (Å²) in [6, 6.07) is 3.86. The van der Waals surface area contributed by atoms with Gasteiger partial charge in [0.2, 0.25) is 0 Å². The Balaban J connectivity index is 2.89. The summed E-state index contributed by atoms with van der Waals surface area (Å²) in [6.07, 6.45) is 6.77. The second kappa shape index (κ2) is 8.32. The Morgan fingerprint density at radius 2 is 2.14 bits per heavy atom. The summed E-state index contributed by atoms with van der Waals surface area (Å²) in [5.74, 6) is -0.869. The molecule has 0 fully saturated rings. The Labute approximate surface area is 130 Å². The van der Waals surface area contributed by atoms with Crippen LogP contribution in [0.25, 0.3) is 0 Å². The Hall–Kier alpha value is -2.00. The van der Waals surface area contributed by atoms with Crippen molar-refractivity contribution in [2.45, 2.75) is 26.8 Å². The largest absolute Gasteiger partial charge is 0.481 e. The molecule has 3 nitrogen and oxygen atoms in total. The molecule has 0 radical (unpaired) electrons. The van der Waals surface area contributed by atoms with Crippen LogP contribution in [-0.4, -0.2) is 11.1 Å². The van der Waals surface area contributed by atoms with Crippen LogP contribution in [0.15, 0.2) is 48.7 Å². The summed E-state index contributed by atoms with van der Waals surface area (Å²) in [4.78, 5) is 10.7. The fourth-order valence-corrected chi connectivity index (χ4v) is 2.09. The summed E-state index contributed by atoms with van der Waals surface area (Å²) in [7, 11) is 0. The van der Waals surface area contributed by atoms with Gasteiger partial charge in [0.1, 0.15) is 0 Å². The van der Waals surface area contributed by atoms with Gasteiger partial charge < -0.3 is 10.4 Å². The van der Waals surface area contributed by atoms with Crippen molar-refractivity contribution in [2.75, 3.05) is 0 Å². The van der Waals surface area contributed by atoms with Gasteiger partial charge in [-0.3, -0.25) is 4.79 Å². The van der Waals surface area contributed by atoms with Gasteiger partial charge in [0.15, 0.2) is 0 Å². The van der Waals surface area contributed by atoms with Crippen molar-refractivity contribution >= 4 is 17.6 Å². The van der Waals surface area contributed by atoms with Gasteiger partial charge in [-0.25, -0.2) is 0 Å². The zero-order valence-corrected chi connectivity index (χ0v) is 13.1. The van der Waals surface area contributed by atoms with Gasteiger partial charge in [0.05, 0.1) is 6.42 Å². The molecular weight excluding hydrogens is 286 g/mol. The number of carbonyl (C=O) groups is 1. The Bertz CT molecular complexity index is 589. The Morgan fingerprint density at radius 1 is 1.43 bits per heavy atom. The van der Waals surface area contributed by atoms with Gasteiger partial charge in [-0.15, -0.1) is 0 Å². The molecule has 0 aromatic heterocycles. The van der Waals surface area contributed by atoms with Crippen LogP contribution in [0.1, 0.15) is 23.1 Å². The van der Waals surface area contributed by atoms with Crippen LogP contribution in [0.5, 0.6) is 0 Å². The van der Waals surface area contributed by atoms with Crippen LogP contribution in [-0.2, 0) is 11.3 Å². The average Bonchev–Trinajstić information content (AvgIpc) is 2.44. The fraction of sp³-hybridized carbons (Fsp3) is 0.235. The van der Waals surface area contributed by atoms with Crippen LogP contribution < -0.4 is 5.32 Å². The number of hydrogen-bond acceptors (Lipinski definition) is 2. The Morgan fingerprint density at radius 3 is 2.76 bits per heavy atom. The molecule has 21 heavy (non-hydrogen) atoms. The first-order valence-electron chi connectivity index (χ1n) is 6.65. The van der Waals surface area contributed by atoms with Crippen molar-refractivity contribution in [3.63, 3.8) is 0 Å². The molecule has 0 atom stereocenters. The van der Waals surface area contributed by atoms with Gasteiger partial charge in [0.25, 0.3) is 0 Å². The number of nitrogens with one attached hydrogen (secondary N) is 1. The third-order valence-electron chi connectivity index (χ3n) is 3.19. The van der Waals surface area contributed by atoms with Crippen molar-refractivity contribution in [1.29, 1.82) is 0 Å². The summed E-state index contributed by atoms with van der Waals surface area (Å²) < 4.78 is 0. The van der Waals surface area contributed by atoms with Crippen molar-refractivity contribution in [1.82, 2.24) is 5.32 Å². The van der Waals surface area contributed by atoms with Crippen LogP contribution in [0.4, 0.5) is 0 Å². The molecule has 4 heteroatoms. The van der Waals surface area contributed by atoms with E-state index >= 15 is 0 Å². The quantitative estimate of drug-likeness (QED) is 0.744. The first-order valence-corrected chi connectivity index (χ1v) is 7.03. The third kappa shape index (κ3) is 5.48. The molecule has 1 aromatic carbocycles. The molecule has 0 heterocycles. The Kier molecular flexibility index (Phi) is 6.76. The molecule has 0 spiro atoms. The van der Waals surface area contributed by atoms with Crippen molar-refractivity contribution < 1.29 is 9.90 Å². The molecule has 0 amide bonds. The number of hydrogen-bond donors (Lipinski definition) is 2. The third-order valence-corrected chi connectivity index (χ3v) is 3.54. The maximum atomic E-state index is 10.7. The molecule has 112 valence electrons. The molecule has 0 aliphatic heterocycles. The van der Waals surface area contributed by atoms with E-state index in [1.54, 1.807) is 24.3 Å². The smallest absolute Gasteiger partial charge is 0.307 e. The highest BCUT2D eigenvalue weighted by molar-refractivity contribution is 6.31. The topological polar surface area (TPSA) is 49.3 Å². The van der Waals surface area contributed by atoms with Crippen LogP contribution in [0.3, 0.4) is 0 Å². The molecular formula is C17H20ClNO2. The second-order valence-electron chi connectivity index (χ2n) is 4.67. The number of carboxylic acids is 1. The van der Waals surface area contributed by atoms with Gasteiger partial charge in [-0.1, -0.05) is 42.5 Å². The first kappa shape index (κ1) is 17.1. The predicted molar refractivity (Wildman–Crippen MR) is 87.4 cm³/mol. The van der Waals surface area contributed by atoms with E-state index in [4.69, 9.17) is 16.7 Å². The summed E-state index contributed by atoms with van der Waals surface area (Å²) in [5, 5.41) is 12.7. The van der Waals surface area contributed by atoms with Crippen molar-refractivity contribution in [2.24, 2.45) is 0 Å². The lowest BCUT2D eigenvalue weighted by molar-refractivity contribution is -0.136. The number of carboxylic acid groups (broad SMARTS) is 1. The molecule has 2 N–H and O–H groups in total. The first-order chi connectivity index (χ1) is 9.95. The number of allylic oxidation sites excluding steroid dienone is 3. The van der Waals surface area contributed by atoms with E-state index in [1.807, 2.05) is 26.0 Å². The van der Waals surface area contributed by atoms with Crippen LogP contribution in [0.2, 0.25) is 5.02 Å². The van der Waals surface area contributed by atoms with Gasteiger partial charge in [-0.2, -0.15) is 0 Å². The molecule has 1 rings (SSSR count). The van der Waals surface area contributed by atoms with Crippen molar-refractivity contribution in [3.05, 3.63) is 70.4 Å². The van der Waals surface area contributed by atoms with E-state index in [0.717, 1.165) is 16.8 Å². The fourth-order valence-electron chi connectivity index (χ4n) is 1.82.